The van der Waals surface area contributed by atoms with Gasteiger partial charge in [0.25, 0.3) is 5.91 Å². The van der Waals surface area contributed by atoms with E-state index in [0.29, 0.717) is 29.3 Å². The van der Waals surface area contributed by atoms with E-state index in [4.69, 9.17) is 9.47 Å². The summed E-state index contributed by atoms with van der Waals surface area (Å²) in [6.07, 6.45) is 4.11. The van der Waals surface area contributed by atoms with Gasteiger partial charge in [-0.3, -0.25) is 9.78 Å². The minimum absolute atomic E-state index is 0.0398. The van der Waals surface area contributed by atoms with E-state index in [9.17, 15) is 19.8 Å². The maximum Gasteiger partial charge on any atom is 0.338 e. The molecule has 1 aliphatic heterocycles. The summed E-state index contributed by atoms with van der Waals surface area (Å²) < 4.78 is 12.7. The Morgan fingerprint density at radius 3 is 2.37 bits per heavy atom. The number of carboxylic acids is 1. The maximum atomic E-state index is 12.4. The predicted octanol–water partition coefficient (Wildman–Crippen LogP) is 4.93. The first-order valence-corrected chi connectivity index (χ1v) is 14.1. The number of thioether (sulfide) groups is 1. The van der Waals surface area contributed by atoms with Gasteiger partial charge in [0.2, 0.25) is 0 Å². The Balaban J connectivity index is 1.29. The fourth-order valence-corrected chi connectivity index (χ4v) is 5.44. The van der Waals surface area contributed by atoms with Crippen LogP contribution in [0.2, 0.25) is 0 Å². The van der Waals surface area contributed by atoms with Crippen LogP contribution in [0.1, 0.15) is 61.8 Å². The lowest BCUT2D eigenvalue weighted by Crippen LogP contribution is -2.31. The SMILES string of the molecule is O=C(NCc1ccc([C@H]2O[C@@H](CSc3ncccc3C(=O)O)C[C@@H](c3ccc(CO)cc3)O2)cc1)c1cccnc1. The summed E-state index contributed by atoms with van der Waals surface area (Å²) in [7, 11) is 0. The molecule has 2 aromatic carbocycles. The molecule has 0 spiro atoms. The van der Waals surface area contributed by atoms with Gasteiger partial charge >= 0.3 is 5.97 Å². The van der Waals surface area contributed by atoms with Crippen molar-refractivity contribution in [2.24, 2.45) is 0 Å². The second kappa shape index (κ2) is 13.5. The molecule has 0 aliphatic carbocycles. The van der Waals surface area contributed by atoms with Gasteiger partial charge in [-0.1, -0.05) is 48.5 Å². The molecular weight excluding hydrogens is 542 g/mol. The zero-order chi connectivity index (χ0) is 28.6. The summed E-state index contributed by atoms with van der Waals surface area (Å²) in [5.41, 5.74) is 4.17. The number of carbonyl (C=O) groups is 2. The van der Waals surface area contributed by atoms with Crippen LogP contribution in [0.25, 0.3) is 0 Å². The monoisotopic (exact) mass is 571 g/mol. The van der Waals surface area contributed by atoms with E-state index in [-0.39, 0.29) is 30.3 Å². The smallest absolute Gasteiger partial charge is 0.338 e. The van der Waals surface area contributed by atoms with Crippen molar-refractivity contribution in [2.75, 3.05) is 5.75 Å². The van der Waals surface area contributed by atoms with Crippen LogP contribution in [0.3, 0.4) is 0 Å². The van der Waals surface area contributed by atoms with Crippen molar-refractivity contribution >= 4 is 23.6 Å². The topological polar surface area (TPSA) is 131 Å². The van der Waals surface area contributed by atoms with Gasteiger partial charge in [-0.2, -0.15) is 0 Å². The molecule has 3 heterocycles. The summed E-state index contributed by atoms with van der Waals surface area (Å²) in [6.45, 7) is 0.317. The van der Waals surface area contributed by atoms with Crippen LogP contribution in [0.4, 0.5) is 0 Å². The zero-order valence-electron chi connectivity index (χ0n) is 22.1. The molecular formula is C31H29N3O6S. The second-order valence-electron chi connectivity index (χ2n) is 9.49. The molecule has 0 radical (unpaired) electrons. The van der Waals surface area contributed by atoms with Crippen LogP contribution in [0.5, 0.6) is 0 Å². The van der Waals surface area contributed by atoms with Gasteiger partial charge in [-0.15, -0.1) is 11.8 Å². The number of rotatable bonds is 10. The number of nitrogens with zero attached hydrogens (tertiary/aromatic N) is 2. The van der Waals surface area contributed by atoms with Crippen LogP contribution in [0.15, 0.2) is 96.4 Å². The van der Waals surface area contributed by atoms with E-state index in [1.807, 2.05) is 48.5 Å². The zero-order valence-corrected chi connectivity index (χ0v) is 22.9. The van der Waals surface area contributed by atoms with Crippen molar-refractivity contribution in [3.8, 4) is 0 Å². The van der Waals surface area contributed by atoms with Crippen LogP contribution < -0.4 is 5.32 Å². The van der Waals surface area contributed by atoms with Crippen molar-refractivity contribution in [1.29, 1.82) is 0 Å². The molecule has 3 atom stereocenters. The van der Waals surface area contributed by atoms with Gasteiger partial charge in [0.05, 0.1) is 29.9 Å². The Kier molecular flexibility index (Phi) is 9.37. The minimum atomic E-state index is -1.02. The van der Waals surface area contributed by atoms with E-state index in [2.05, 4.69) is 15.3 Å². The van der Waals surface area contributed by atoms with Crippen LogP contribution in [0, 0.1) is 0 Å². The molecule has 1 amide bonds. The first kappa shape index (κ1) is 28.4. The fraction of sp³-hybridized carbons (Fsp3) is 0.226. The van der Waals surface area contributed by atoms with Crippen LogP contribution >= 0.6 is 11.8 Å². The third kappa shape index (κ3) is 7.36. The minimum Gasteiger partial charge on any atom is -0.478 e. The number of benzene rings is 2. The lowest BCUT2D eigenvalue weighted by Gasteiger charge is -2.36. The summed E-state index contributed by atoms with van der Waals surface area (Å²) in [6, 6.07) is 21.9. The molecule has 4 aromatic rings. The molecule has 41 heavy (non-hydrogen) atoms. The molecule has 2 aromatic heterocycles. The average molecular weight is 572 g/mol. The normalized spacial score (nSPS) is 18.5. The highest BCUT2D eigenvalue weighted by molar-refractivity contribution is 7.99. The number of hydrogen-bond acceptors (Lipinski definition) is 8. The number of aromatic carboxylic acids is 1. The van der Waals surface area contributed by atoms with Crippen molar-refractivity contribution < 1.29 is 29.3 Å². The number of aromatic nitrogens is 2. The number of amides is 1. The first-order chi connectivity index (χ1) is 20.0. The number of aliphatic hydroxyl groups is 1. The largest absolute Gasteiger partial charge is 0.478 e. The predicted molar refractivity (Wildman–Crippen MR) is 152 cm³/mol. The first-order valence-electron chi connectivity index (χ1n) is 13.1. The van der Waals surface area contributed by atoms with Gasteiger partial charge in [-0.05, 0) is 41.0 Å². The highest BCUT2D eigenvalue weighted by Gasteiger charge is 2.32. The fourth-order valence-electron chi connectivity index (χ4n) is 4.44. The van der Waals surface area contributed by atoms with E-state index < -0.39 is 12.3 Å². The Morgan fingerprint density at radius 1 is 0.927 bits per heavy atom. The molecule has 9 nitrogen and oxygen atoms in total. The van der Waals surface area contributed by atoms with Crippen LogP contribution in [-0.2, 0) is 22.6 Å². The average Bonchev–Trinajstić information content (AvgIpc) is 3.03. The Bertz CT molecular complexity index is 1470. The third-order valence-corrected chi connectivity index (χ3v) is 7.79. The Morgan fingerprint density at radius 2 is 1.66 bits per heavy atom. The molecule has 0 saturated carbocycles. The molecule has 210 valence electrons. The lowest BCUT2D eigenvalue weighted by molar-refractivity contribution is -0.245. The Labute approximate surface area is 241 Å². The van der Waals surface area contributed by atoms with E-state index >= 15 is 0 Å². The molecule has 1 aliphatic rings. The Hall–Kier alpha value is -4.09. The lowest BCUT2D eigenvalue weighted by atomic mass is 10.0. The molecule has 3 N–H and O–H groups in total. The molecule has 1 saturated heterocycles. The second-order valence-corrected chi connectivity index (χ2v) is 10.5. The number of pyridine rings is 2. The number of hydrogen-bond donors (Lipinski definition) is 3. The molecule has 1 fully saturated rings. The highest BCUT2D eigenvalue weighted by Crippen LogP contribution is 2.39. The molecule has 0 unspecified atom stereocenters. The highest BCUT2D eigenvalue weighted by atomic mass is 32.2. The maximum absolute atomic E-state index is 12.4. The van der Waals surface area contributed by atoms with Crippen LogP contribution in [-0.4, -0.2) is 43.9 Å². The number of carboxylic acid groups (broad SMARTS) is 1. The number of ether oxygens (including phenoxy) is 2. The van der Waals surface area contributed by atoms with Gasteiger partial charge in [0.1, 0.15) is 5.03 Å². The molecule has 0 bridgehead atoms. The van der Waals surface area contributed by atoms with Crippen molar-refractivity contribution in [3.63, 3.8) is 0 Å². The number of nitrogens with one attached hydrogen (secondary N) is 1. The van der Waals surface area contributed by atoms with Crippen molar-refractivity contribution in [1.82, 2.24) is 15.3 Å². The summed E-state index contributed by atoms with van der Waals surface area (Å²) >= 11 is 1.34. The van der Waals surface area contributed by atoms with Gasteiger partial charge in [-0.25, -0.2) is 9.78 Å². The summed E-state index contributed by atoms with van der Waals surface area (Å²) in [4.78, 5) is 32.2. The number of aliphatic hydroxyl groups excluding tert-OH is 1. The summed E-state index contributed by atoms with van der Waals surface area (Å²) in [5.74, 6) is -0.735. The van der Waals surface area contributed by atoms with E-state index in [1.54, 1.807) is 30.6 Å². The quantitative estimate of drug-likeness (QED) is 0.227. The van der Waals surface area contributed by atoms with E-state index in [0.717, 1.165) is 22.3 Å². The van der Waals surface area contributed by atoms with Gasteiger partial charge in [0.15, 0.2) is 6.29 Å². The third-order valence-electron chi connectivity index (χ3n) is 6.65. The molecule has 10 heteroatoms. The van der Waals surface area contributed by atoms with Crippen molar-refractivity contribution in [3.05, 3.63) is 125 Å². The summed E-state index contributed by atoms with van der Waals surface area (Å²) in [5, 5.41) is 22.3. The molecule has 5 rings (SSSR count). The standard InChI is InChI=1S/C31H29N3O6S/c35-18-21-7-9-22(10-8-21)27-15-25(19-41-29-26(30(37)38)4-2-14-33-29)39-31(40-27)23-11-5-20(6-12-23)16-34-28(36)24-3-1-13-32-17-24/h1-14,17,25,27,31,35H,15-16,18-19H2,(H,34,36)(H,37,38)/t25-,27+,31+/m1/s1. The van der Waals surface area contributed by atoms with Gasteiger partial charge in [0, 0.05) is 42.9 Å². The van der Waals surface area contributed by atoms with Gasteiger partial charge < -0.3 is 25.0 Å². The number of carbonyl (C=O) groups excluding carboxylic acids is 1. The van der Waals surface area contributed by atoms with E-state index in [1.165, 1.54) is 24.0 Å². The van der Waals surface area contributed by atoms with Crippen molar-refractivity contribution in [2.45, 2.75) is 43.1 Å².